The van der Waals surface area contributed by atoms with Gasteiger partial charge in [-0.3, -0.25) is 4.68 Å². The van der Waals surface area contributed by atoms with Crippen LogP contribution in [0.1, 0.15) is 36.6 Å². The maximum Gasteiger partial charge on any atom is 0.330 e. The van der Waals surface area contributed by atoms with Crippen LogP contribution in [0.15, 0.2) is 36.7 Å². The van der Waals surface area contributed by atoms with E-state index in [9.17, 15) is 14.7 Å². The van der Waals surface area contributed by atoms with E-state index in [1.807, 2.05) is 40.1 Å². The Balaban J connectivity index is 2.18. The van der Waals surface area contributed by atoms with E-state index in [4.69, 9.17) is 0 Å². The number of urea groups is 1. The molecule has 0 radical (unpaired) electrons. The Morgan fingerprint density at radius 3 is 2.62 bits per heavy atom. The number of carboxylic acid groups (broad SMARTS) is 1. The van der Waals surface area contributed by atoms with Gasteiger partial charge in [-0.1, -0.05) is 43.7 Å². The number of hydrogen-bond donors (Lipinski definition) is 2. The number of carbonyl (C=O) groups is 2. The number of carbonyl (C=O) groups excluding carboxylic acids is 1. The third-order valence-electron chi connectivity index (χ3n) is 3.89. The zero-order valence-corrected chi connectivity index (χ0v) is 15.6. The third-order valence-corrected chi connectivity index (χ3v) is 3.89. The molecule has 1 heterocycles. The maximum atomic E-state index is 12.8. The zero-order chi connectivity index (χ0) is 19.3. The first kappa shape index (κ1) is 19.5. The number of aryl methyl sites for hydroxylation is 2. The average molecular weight is 358 g/mol. The SMILES string of the molecule is Cc1cccc(C(NC(=O)N(Cc2cnn(C)c2)CC(C)C)C(=O)O)c1. The molecule has 2 N–H and O–H groups in total. The van der Waals surface area contributed by atoms with E-state index in [0.29, 0.717) is 18.7 Å². The van der Waals surface area contributed by atoms with E-state index in [-0.39, 0.29) is 5.92 Å². The molecule has 0 fully saturated rings. The standard InChI is InChI=1S/C19H26N4O3/c1-13(2)10-23(12-15-9-20-22(4)11-15)19(26)21-17(18(24)25)16-7-5-6-14(3)8-16/h5-9,11,13,17H,10,12H2,1-4H3,(H,21,26)(H,24,25). The lowest BCUT2D eigenvalue weighted by atomic mass is 10.0. The quantitative estimate of drug-likeness (QED) is 0.797. The van der Waals surface area contributed by atoms with Crippen LogP contribution in [-0.2, 0) is 18.4 Å². The minimum absolute atomic E-state index is 0.250. The van der Waals surface area contributed by atoms with Crippen molar-refractivity contribution < 1.29 is 14.7 Å². The highest BCUT2D eigenvalue weighted by molar-refractivity contribution is 5.83. The molecule has 0 aliphatic carbocycles. The predicted octanol–water partition coefficient (Wildman–Crippen LogP) is 2.72. The first-order chi connectivity index (χ1) is 12.3. The number of aliphatic carboxylic acids is 1. The van der Waals surface area contributed by atoms with Gasteiger partial charge in [0.05, 0.1) is 12.7 Å². The normalized spacial score (nSPS) is 12.0. The van der Waals surface area contributed by atoms with Crippen LogP contribution < -0.4 is 5.32 Å². The molecule has 26 heavy (non-hydrogen) atoms. The molecule has 0 spiro atoms. The molecule has 1 unspecified atom stereocenters. The molecule has 1 aromatic heterocycles. The van der Waals surface area contributed by atoms with Gasteiger partial charge in [-0.05, 0) is 18.4 Å². The largest absolute Gasteiger partial charge is 0.479 e. The van der Waals surface area contributed by atoms with Gasteiger partial charge in [0, 0.05) is 25.4 Å². The lowest BCUT2D eigenvalue weighted by Crippen LogP contribution is -2.44. The van der Waals surface area contributed by atoms with Gasteiger partial charge in [-0.25, -0.2) is 9.59 Å². The second kappa shape index (κ2) is 8.51. The average Bonchev–Trinajstić information content (AvgIpc) is 2.96. The van der Waals surface area contributed by atoms with Crippen molar-refractivity contribution in [3.63, 3.8) is 0 Å². The smallest absolute Gasteiger partial charge is 0.330 e. The second-order valence-electron chi connectivity index (χ2n) is 6.93. The van der Waals surface area contributed by atoms with Crippen LogP contribution in [-0.4, -0.2) is 38.3 Å². The van der Waals surface area contributed by atoms with Gasteiger partial charge in [0.25, 0.3) is 0 Å². The van der Waals surface area contributed by atoms with Crippen LogP contribution in [0.5, 0.6) is 0 Å². The molecule has 0 saturated heterocycles. The number of amides is 2. The summed E-state index contributed by atoms with van der Waals surface area (Å²) in [4.78, 5) is 26.1. The van der Waals surface area contributed by atoms with Crippen molar-refractivity contribution in [3.8, 4) is 0 Å². The summed E-state index contributed by atoms with van der Waals surface area (Å²) in [5.41, 5.74) is 2.39. The molecule has 0 bridgehead atoms. The zero-order valence-electron chi connectivity index (χ0n) is 15.6. The topological polar surface area (TPSA) is 87.5 Å². The van der Waals surface area contributed by atoms with E-state index in [0.717, 1.165) is 11.1 Å². The monoisotopic (exact) mass is 358 g/mol. The highest BCUT2D eigenvalue weighted by atomic mass is 16.4. The van der Waals surface area contributed by atoms with Crippen LogP contribution in [0.25, 0.3) is 0 Å². The van der Waals surface area contributed by atoms with Crippen LogP contribution in [0.2, 0.25) is 0 Å². The second-order valence-corrected chi connectivity index (χ2v) is 6.93. The van der Waals surface area contributed by atoms with Crippen LogP contribution in [0.4, 0.5) is 4.79 Å². The van der Waals surface area contributed by atoms with Gasteiger partial charge in [0.2, 0.25) is 0 Å². The molecule has 2 rings (SSSR count). The first-order valence-corrected chi connectivity index (χ1v) is 8.58. The molecule has 0 aliphatic rings. The van der Waals surface area contributed by atoms with E-state index >= 15 is 0 Å². The Labute approximate surface area is 153 Å². The molecule has 0 aliphatic heterocycles. The van der Waals surface area contributed by atoms with Crippen molar-refractivity contribution in [1.29, 1.82) is 0 Å². The predicted molar refractivity (Wildman–Crippen MR) is 98.5 cm³/mol. The summed E-state index contributed by atoms with van der Waals surface area (Å²) in [6.07, 6.45) is 3.55. The molecule has 7 nitrogen and oxygen atoms in total. The number of aromatic nitrogens is 2. The van der Waals surface area contributed by atoms with Gasteiger partial charge < -0.3 is 15.3 Å². The van der Waals surface area contributed by atoms with Crippen molar-refractivity contribution in [1.82, 2.24) is 20.0 Å². The van der Waals surface area contributed by atoms with E-state index in [2.05, 4.69) is 10.4 Å². The Hall–Kier alpha value is -2.83. The molecule has 2 aromatic rings. The van der Waals surface area contributed by atoms with Crippen LogP contribution >= 0.6 is 0 Å². The molecular formula is C19H26N4O3. The van der Waals surface area contributed by atoms with Crippen LogP contribution in [0.3, 0.4) is 0 Å². The van der Waals surface area contributed by atoms with Crippen molar-refractivity contribution in [2.75, 3.05) is 6.54 Å². The summed E-state index contributed by atoms with van der Waals surface area (Å²) >= 11 is 0. The van der Waals surface area contributed by atoms with Gasteiger partial charge in [-0.15, -0.1) is 0 Å². The molecule has 7 heteroatoms. The van der Waals surface area contributed by atoms with E-state index in [1.54, 1.807) is 34.0 Å². The maximum absolute atomic E-state index is 12.8. The highest BCUT2D eigenvalue weighted by Gasteiger charge is 2.25. The summed E-state index contributed by atoms with van der Waals surface area (Å²) < 4.78 is 1.67. The number of hydrogen-bond acceptors (Lipinski definition) is 3. The Kier molecular flexibility index (Phi) is 6.38. The highest BCUT2D eigenvalue weighted by Crippen LogP contribution is 2.16. The Morgan fingerprint density at radius 2 is 2.08 bits per heavy atom. The van der Waals surface area contributed by atoms with Crippen molar-refractivity contribution in [3.05, 3.63) is 53.3 Å². The summed E-state index contributed by atoms with van der Waals surface area (Å²) in [5.74, 6) is -0.838. The Bertz CT molecular complexity index is 770. The molecule has 140 valence electrons. The minimum atomic E-state index is -1.09. The number of carboxylic acids is 1. The summed E-state index contributed by atoms with van der Waals surface area (Å²) in [6.45, 7) is 6.80. The Morgan fingerprint density at radius 1 is 1.35 bits per heavy atom. The fourth-order valence-corrected chi connectivity index (χ4v) is 2.79. The number of benzene rings is 1. The van der Waals surface area contributed by atoms with Crippen molar-refractivity contribution in [2.45, 2.75) is 33.4 Å². The summed E-state index contributed by atoms with van der Waals surface area (Å²) in [6, 6.07) is 5.65. The van der Waals surface area contributed by atoms with Crippen molar-refractivity contribution in [2.24, 2.45) is 13.0 Å². The van der Waals surface area contributed by atoms with E-state index < -0.39 is 18.0 Å². The fourth-order valence-electron chi connectivity index (χ4n) is 2.79. The van der Waals surface area contributed by atoms with Gasteiger partial charge in [0.1, 0.15) is 0 Å². The summed E-state index contributed by atoms with van der Waals surface area (Å²) in [5, 5.41) is 16.3. The summed E-state index contributed by atoms with van der Waals surface area (Å²) in [7, 11) is 1.81. The van der Waals surface area contributed by atoms with Crippen LogP contribution in [0, 0.1) is 12.8 Å². The first-order valence-electron chi connectivity index (χ1n) is 8.58. The lowest BCUT2D eigenvalue weighted by molar-refractivity contribution is -0.139. The molecule has 1 atom stereocenters. The van der Waals surface area contributed by atoms with Gasteiger partial charge in [0.15, 0.2) is 6.04 Å². The number of nitrogens with zero attached hydrogens (tertiary/aromatic N) is 3. The molecule has 0 saturated carbocycles. The van der Waals surface area contributed by atoms with E-state index in [1.165, 1.54) is 0 Å². The van der Waals surface area contributed by atoms with Crippen molar-refractivity contribution >= 4 is 12.0 Å². The number of rotatable bonds is 7. The third kappa shape index (κ3) is 5.34. The fraction of sp³-hybridized carbons (Fsp3) is 0.421. The number of nitrogens with one attached hydrogen (secondary N) is 1. The van der Waals surface area contributed by atoms with Gasteiger partial charge >= 0.3 is 12.0 Å². The molecule has 2 amide bonds. The lowest BCUT2D eigenvalue weighted by Gasteiger charge is -2.26. The molecular weight excluding hydrogens is 332 g/mol. The van der Waals surface area contributed by atoms with Gasteiger partial charge in [-0.2, -0.15) is 5.10 Å². The molecule has 1 aromatic carbocycles. The minimum Gasteiger partial charge on any atom is -0.479 e.